The number of carboxylic acid groups (broad SMARTS) is 1. The molecule has 0 bridgehead atoms. The number of thioether (sulfide) groups is 1. The van der Waals surface area contributed by atoms with Gasteiger partial charge in [0.25, 0.3) is 5.22 Å². The molecule has 0 aliphatic carbocycles. The molecule has 0 unspecified atom stereocenters. The van der Waals surface area contributed by atoms with Crippen LogP contribution in [0.1, 0.15) is 17.0 Å². The molecule has 0 aliphatic rings. The van der Waals surface area contributed by atoms with Crippen LogP contribution in [-0.4, -0.2) is 16.2 Å². The second kappa shape index (κ2) is 8.50. The molecule has 2 aromatic carbocycles. The number of carboxylic acids is 1. The summed E-state index contributed by atoms with van der Waals surface area (Å²) >= 11 is 0.781. The summed E-state index contributed by atoms with van der Waals surface area (Å²) in [7, 11) is 0. The summed E-state index contributed by atoms with van der Waals surface area (Å²) in [6, 6.07) is 13.1. The third-order valence-electron chi connectivity index (χ3n) is 3.45. The van der Waals surface area contributed by atoms with Gasteiger partial charge >= 0.3 is 0 Å². The average molecular weight is 385 g/mol. The minimum Gasteiger partial charge on any atom is -0.544 e. The van der Waals surface area contributed by atoms with Gasteiger partial charge in [-0.25, -0.2) is 4.39 Å². The van der Waals surface area contributed by atoms with Crippen molar-refractivity contribution >= 4 is 23.8 Å². The third-order valence-corrected chi connectivity index (χ3v) is 4.30. The molecule has 8 heteroatoms. The monoisotopic (exact) mass is 385 g/mol. The number of aliphatic carboxylic acids is 1. The fraction of sp³-hybridized carbons (Fsp3) is 0.105. The molecule has 0 aliphatic heterocycles. The van der Waals surface area contributed by atoms with Crippen LogP contribution in [0.5, 0.6) is 5.75 Å². The van der Waals surface area contributed by atoms with Crippen LogP contribution < -0.4 is 9.84 Å². The molecular weight excluding hydrogens is 371 g/mol. The maximum absolute atomic E-state index is 13.7. The first kappa shape index (κ1) is 18.7. The number of carbonyl (C=O) groups is 1. The Hall–Kier alpha value is -3.13. The molecule has 1 heterocycles. The second-order valence-corrected chi connectivity index (χ2v) is 6.40. The number of nitrogens with zero attached hydrogens (tertiary/aromatic N) is 2. The Bertz CT molecular complexity index is 987. The van der Waals surface area contributed by atoms with Crippen LogP contribution >= 0.6 is 11.8 Å². The van der Waals surface area contributed by atoms with Crippen molar-refractivity contribution in [1.29, 1.82) is 0 Å². The number of benzene rings is 2. The molecule has 0 atom stereocenters. The van der Waals surface area contributed by atoms with E-state index in [-0.39, 0.29) is 22.6 Å². The molecule has 0 radical (unpaired) electrons. The van der Waals surface area contributed by atoms with Gasteiger partial charge in [0.2, 0.25) is 5.89 Å². The predicted octanol–water partition coefficient (Wildman–Crippen LogP) is 2.98. The lowest BCUT2D eigenvalue weighted by Crippen LogP contribution is -2.23. The Morgan fingerprint density at radius 1 is 1.22 bits per heavy atom. The summed E-state index contributed by atoms with van der Waals surface area (Å²) in [4.78, 5) is 11.3. The van der Waals surface area contributed by atoms with Crippen molar-refractivity contribution in [2.45, 2.75) is 18.8 Å². The number of carbonyl (C=O) groups excluding carboxylic acids is 1. The van der Waals surface area contributed by atoms with E-state index in [4.69, 9.17) is 9.15 Å². The fourth-order valence-electron chi connectivity index (χ4n) is 2.19. The van der Waals surface area contributed by atoms with E-state index >= 15 is 0 Å². The van der Waals surface area contributed by atoms with Crippen molar-refractivity contribution in [2.75, 3.05) is 0 Å². The molecule has 0 amide bonds. The highest BCUT2D eigenvalue weighted by Gasteiger charge is 2.11. The Kier molecular flexibility index (Phi) is 5.87. The largest absolute Gasteiger partial charge is 0.544 e. The maximum Gasteiger partial charge on any atom is 0.281 e. The molecule has 6 nitrogen and oxygen atoms in total. The van der Waals surface area contributed by atoms with E-state index in [1.54, 1.807) is 49.4 Å². The van der Waals surface area contributed by atoms with Crippen molar-refractivity contribution < 1.29 is 23.4 Å². The lowest BCUT2D eigenvalue weighted by atomic mass is 10.2. The van der Waals surface area contributed by atoms with E-state index in [0.29, 0.717) is 22.8 Å². The van der Waals surface area contributed by atoms with Crippen LogP contribution in [0.15, 0.2) is 63.1 Å². The Morgan fingerprint density at radius 2 is 1.96 bits per heavy atom. The first-order valence-electron chi connectivity index (χ1n) is 7.89. The highest BCUT2D eigenvalue weighted by molar-refractivity contribution is 8.03. The molecule has 1 aromatic heterocycles. The second-order valence-electron chi connectivity index (χ2n) is 5.40. The predicted molar refractivity (Wildman–Crippen MR) is 95.1 cm³/mol. The normalized spacial score (nSPS) is 11.4. The van der Waals surface area contributed by atoms with Crippen molar-refractivity contribution in [3.8, 4) is 5.75 Å². The molecule has 0 saturated heterocycles. The third kappa shape index (κ3) is 4.95. The maximum atomic E-state index is 13.7. The molecular formula is C19H14FN2O4S-. The number of aromatic nitrogens is 2. The van der Waals surface area contributed by atoms with E-state index in [2.05, 4.69) is 10.2 Å². The zero-order chi connectivity index (χ0) is 19.2. The van der Waals surface area contributed by atoms with Gasteiger partial charge in [-0.1, -0.05) is 36.4 Å². The van der Waals surface area contributed by atoms with Crippen LogP contribution in [0, 0.1) is 12.7 Å². The molecule has 138 valence electrons. The van der Waals surface area contributed by atoms with E-state index in [1.807, 2.05) is 0 Å². The van der Waals surface area contributed by atoms with Crippen molar-refractivity contribution in [3.05, 3.63) is 76.3 Å². The Morgan fingerprint density at radius 3 is 2.67 bits per heavy atom. The topological polar surface area (TPSA) is 88.3 Å². The lowest BCUT2D eigenvalue weighted by Gasteiger charge is -2.11. The van der Waals surface area contributed by atoms with Gasteiger partial charge in [-0.05, 0) is 30.0 Å². The zero-order valence-electron chi connectivity index (χ0n) is 14.2. The van der Waals surface area contributed by atoms with Gasteiger partial charge in [-0.3, -0.25) is 0 Å². The first-order chi connectivity index (χ1) is 13.0. The Labute approximate surface area is 158 Å². The van der Waals surface area contributed by atoms with E-state index < -0.39 is 5.97 Å². The number of hydrogen-bond donors (Lipinski definition) is 0. The van der Waals surface area contributed by atoms with Crippen LogP contribution in [-0.2, 0) is 11.4 Å². The van der Waals surface area contributed by atoms with Crippen LogP contribution in [0.4, 0.5) is 4.39 Å². The minimum absolute atomic E-state index is 0.00811. The number of aryl methyl sites for hydroxylation is 1. The molecule has 3 aromatic rings. The average Bonchev–Trinajstić information content (AvgIpc) is 3.06. The van der Waals surface area contributed by atoms with Gasteiger partial charge in [-0.15, -0.1) is 10.2 Å². The highest BCUT2D eigenvalue weighted by Crippen LogP contribution is 2.30. The summed E-state index contributed by atoms with van der Waals surface area (Å²) in [5.74, 6) is -1.03. The summed E-state index contributed by atoms with van der Waals surface area (Å²) < 4.78 is 24.6. The quantitative estimate of drug-likeness (QED) is 0.456. The van der Waals surface area contributed by atoms with Gasteiger partial charge in [0, 0.05) is 23.0 Å². The van der Waals surface area contributed by atoms with Crippen LogP contribution in [0.25, 0.3) is 6.08 Å². The summed E-state index contributed by atoms with van der Waals surface area (Å²) in [6.07, 6.45) is 1.39. The smallest absolute Gasteiger partial charge is 0.281 e. The van der Waals surface area contributed by atoms with Gasteiger partial charge in [0.15, 0.2) is 0 Å². The summed E-state index contributed by atoms with van der Waals surface area (Å²) in [5.41, 5.74) is 0.892. The summed E-state index contributed by atoms with van der Waals surface area (Å²) in [5, 5.41) is 19.0. The van der Waals surface area contributed by atoms with Gasteiger partial charge < -0.3 is 19.1 Å². The van der Waals surface area contributed by atoms with Crippen molar-refractivity contribution in [2.24, 2.45) is 0 Å². The first-order valence-corrected chi connectivity index (χ1v) is 8.71. The van der Waals surface area contributed by atoms with E-state index in [0.717, 1.165) is 11.8 Å². The van der Waals surface area contributed by atoms with Gasteiger partial charge in [0.1, 0.15) is 18.2 Å². The number of rotatable bonds is 7. The standard InChI is InChI=1S/C19H15FN2O4S/c1-12-21-22-19(26-12)27-17(18(23)24)10-13-6-3-5-9-16(13)25-11-14-7-2-4-8-15(14)20/h2-10H,11H2,1H3,(H,23,24)/p-1/b17-10-. The number of ether oxygens (including phenoxy) is 1. The number of para-hydroxylation sites is 1. The lowest BCUT2D eigenvalue weighted by molar-refractivity contribution is -0.298. The fourth-order valence-corrected chi connectivity index (χ4v) is 2.89. The summed E-state index contributed by atoms with van der Waals surface area (Å²) in [6.45, 7) is 1.61. The van der Waals surface area contributed by atoms with Crippen LogP contribution in [0.3, 0.4) is 0 Å². The van der Waals surface area contributed by atoms with Gasteiger partial charge in [0.05, 0.1) is 5.97 Å². The molecule has 0 fully saturated rings. The van der Waals surface area contributed by atoms with Crippen molar-refractivity contribution in [3.63, 3.8) is 0 Å². The number of hydrogen-bond acceptors (Lipinski definition) is 7. The van der Waals surface area contributed by atoms with Crippen molar-refractivity contribution in [1.82, 2.24) is 10.2 Å². The molecule has 0 saturated carbocycles. The molecule has 3 rings (SSSR count). The SMILES string of the molecule is Cc1nnc(S/C(=C\c2ccccc2OCc2ccccc2F)C(=O)[O-])o1. The zero-order valence-corrected chi connectivity index (χ0v) is 15.0. The highest BCUT2D eigenvalue weighted by atomic mass is 32.2. The molecule has 0 N–H and O–H groups in total. The Balaban J connectivity index is 1.83. The van der Waals surface area contributed by atoms with Crippen LogP contribution in [0.2, 0.25) is 0 Å². The number of halogens is 1. The van der Waals surface area contributed by atoms with E-state index in [9.17, 15) is 14.3 Å². The molecule has 27 heavy (non-hydrogen) atoms. The minimum atomic E-state index is -1.39. The molecule has 0 spiro atoms. The van der Waals surface area contributed by atoms with Gasteiger partial charge in [-0.2, -0.15) is 0 Å². The van der Waals surface area contributed by atoms with E-state index in [1.165, 1.54) is 12.1 Å².